The van der Waals surface area contributed by atoms with Gasteiger partial charge in [-0.3, -0.25) is 9.59 Å². The van der Waals surface area contributed by atoms with Crippen LogP contribution in [0.3, 0.4) is 0 Å². The molecular weight excluding hydrogens is 268 g/mol. The molecule has 2 rings (SSSR count). The van der Waals surface area contributed by atoms with Gasteiger partial charge in [-0.2, -0.15) is 0 Å². The monoisotopic (exact) mass is 284 g/mol. The highest BCUT2D eigenvalue weighted by Crippen LogP contribution is 2.23. The second kappa shape index (κ2) is 4.48. The Hall–Kier alpha value is -1.63. The van der Waals surface area contributed by atoms with Gasteiger partial charge in [-0.25, -0.2) is 8.42 Å². The summed E-state index contributed by atoms with van der Waals surface area (Å²) in [7, 11) is -3.07. The molecule has 0 unspecified atom stereocenters. The summed E-state index contributed by atoms with van der Waals surface area (Å²) >= 11 is 0. The third-order valence-corrected chi connectivity index (χ3v) is 5.16. The van der Waals surface area contributed by atoms with Crippen LogP contribution >= 0.6 is 0 Å². The molecule has 1 aromatic heterocycles. The maximum atomic E-state index is 12.0. The van der Waals surface area contributed by atoms with Crippen LogP contribution in [-0.2, 0) is 9.84 Å². The average Bonchev–Trinajstić information content (AvgIpc) is 2.83. The number of carbonyl (C=O) groups is 2. The van der Waals surface area contributed by atoms with Crippen LogP contribution in [0.1, 0.15) is 41.1 Å². The number of hydrogen-bond donors (Lipinski definition) is 2. The Morgan fingerprint density at radius 2 is 2.11 bits per heavy atom. The molecule has 0 radical (unpaired) electrons. The van der Waals surface area contributed by atoms with Crippen molar-refractivity contribution in [2.75, 3.05) is 11.5 Å². The van der Waals surface area contributed by atoms with Crippen LogP contribution in [0.25, 0.3) is 0 Å². The largest absolute Gasteiger partial charge is 0.356 e. The third-order valence-electron chi connectivity index (χ3n) is 3.25. The lowest BCUT2D eigenvalue weighted by Crippen LogP contribution is -2.47. The van der Waals surface area contributed by atoms with E-state index < -0.39 is 21.3 Å². The number of ketones is 1. The summed E-state index contributed by atoms with van der Waals surface area (Å²) in [5.74, 6) is -0.490. The molecular formula is C12H16N2O4S. The zero-order valence-corrected chi connectivity index (χ0v) is 11.6. The van der Waals surface area contributed by atoms with Crippen molar-refractivity contribution in [3.05, 3.63) is 23.5 Å². The van der Waals surface area contributed by atoms with Gasteiger partial charge in [0.2, 0.25) is 0 Å². The van der Waals surface area contributed by atoms with Crippen LogP contribution < -0.4 is 5.32 Å². The Bertz CT molecular complexity index is 632. The molecule has 2 N–H and O–H groups in total. The van der Waals surface area contributed by atoms with Crippen molar-refractivity contribution in [2.45, 2.75) is 25.8 Å². The molecule has 1 atom stereocenters. The number of amides is 1. The summed E-state index contributed by atoms with van der Waals surface area (Å²) in [6.45, 7) is 3.12. The lowest BCUT2D eigenvalue weighted by Gasteiger charge is -2.23. The quantitative estimate of drug-likeness (QED) is 0.791. The molecule has 1 aliphatic rings. The van der Waals surface area contributed by atoms with Gasteiger partial charge in [0.15, 0.2) is 15.6 Å². The van der Waals surface area contributed by atoms with E-state index in [1.807, 2.05) is 0 Å². The molecule has 104 valence electrons. The first-order valence-corrected chi connectivity index (χ1v) is 7.75. The number of hydrogen-bond acceptors (Lipinski definition) is 4. The Balaban J connectivity index is 2.11. The first kappa shape index (κ1) is 13.8. The summed E-state index contributed by atoms with van der Waals surface area (Å²) in [6, 6.07) is 1.46. The summed E-state index contributed by atoms with van der Waals surface area (Å²) in [6.07, 6.45) is 1.87. The molecule has 0 aliphatic carbocycles. The molecule has 1 fully saturated rings. The van der Waals surface area contributed by atoms with Crippen LogP contribution in [0.2, 0.25) is 0 Å². The predicted octanol–water partition coefficient (Wildman–Crippen LogP) is 0.524. The van der Waals surface area contributed by atoms with Crippen LogP contribution in [0, 0.1) is 0 Å². The van der Waals surface area contributed by atoms with Gasteiger partial charge in [0, 0.05) is 11.8 Å². The molecule has 7 heteroatoms. The average molecular weight is 284 g/mol. The highest BCUT2D eigenvalue weighted by atomic mass is 32.2. The number of nitrogens with one attached hydrogen (secondary N) is 2. The van der Waals surface area contributed by atoms with Gasteiger partial charge in [-0.15, -0.1) is 0 Å². The van der Waals surface area contributed by atoms with E-state index in [0.29, 0.717) is 12.0 Å². The highest BCUT2D eigenvalue weighted by molar-refractivity contribution is 7.91. The smallest absolute Gasteiger partial charge is 0.268 e. The van der Waals surface area contributed by atoms with Crippen molar-refractivity contribution in [2.24, 2.45) is 0 Å². The minimum absolute atomic E-state index is 0.0496. The number of rotatable bonds is 3. The van der Waals surface area contributed by atoms with Gasteiger partial charge in [0.25, 0.3) is 5.91 Å². The SMILES string of the molecule is CC(=O)c1c[nH]c(C(=O)N[C@@]2(C)CCS(=O)(=O)C2)c1. The Kier molecular flexibility index (Phi) is 3.25. The minimum Gasteiger partial charge on any atom is -0.356 e. The first-order valence-electron chi connectivity index (χ1n) is 5.93. The number of aromatic nitrogens is 1. The number of carbonyl (C=O) groups excluding carboxylic acids is 2. The minimum atomic E-state index is -3.07. The third kappa shape index (κ3) is 3.04. The van der Waals surface area contributed by atoms with E-state index in [1.54, 1.807) is 6.92 Å². The Morgan fingerprint density at radius 3 is 2.58 bits per heavy atom. The van der Waals surface area contributed by atoms with E-state index in [4.69, 9.17) is 0 Å². The van der Waals surface area contributed by atoms with Crippen LogP contribution in [0.15, 0.2) is 12.3 Å². The standard InChI is InChI=1S/C12H16N2O4S/c1-8(15)9-5-10(13-6-9)11(16)14-12(2)3-4-19(17,18)7-12/h5-6,13H,3-4,7H2,1-2H3,(H,14,16)/t12-/m0/s1. The maximum Gasteiger partial charge on any atom is 0.268 e. The Morgan fingerprint density at radius 1 is 1.42 bits per heavy atom. The van der Waals surface area contributed by atoms with Crippen molar-refractivity contribution in [1.82, 2.24) is 10.3 Å². The normalized spacial score (nSPS) is 25.2. The fraction of sp³-hybridized carbons (Fsp3) is 0.500. The molecule has 0 saturated carbocycles. The zero-order chi connectivity index (χ0) is 14.3. The molecule has 1 amide bonds. The lowest BCUT2D eigenvalue weighted by molar-refractivity contribution is 0.0910. The number of sulfone groups is 1. The van der Waals surface area contributed by atoms with E-state index in [-0.39, 0.29) is 23.0 Å². The molecule has 1 aromatic rings. The van der Waals surface area contributed by atoms with Gasteiger partial charge >= 0.3 is 0 Å². The predicted molar refractivity (Wildman–Crippen MR) is 69.9 cm³/mol. The fourth-order valence-electron chi connectivity index (χ4n) is 2.18. The Labute approximate surface area is 111 Å². The van der Waals surface area contributed by atoms with E-state index in [9.17, 15) is 18.0 Å². The van der Waals surface area contributed by atoms with Crippen molar-refractivity contribution in [3.63, 3.8) is 0 Å². The summed E-state index contributed by atoms with van der Waals surface area (Å²) in [5, 5.41) is 2.72. The van der Waals surface area contributed by atoms with Crippen molar-refractivity contribution in [1.29, 1.82) is 0 Å². The zero-order valence-electron chi connectivity index (χ0n) is 10.8. The van der Waals surface area contributed by atoms with E-state index >= 15 is 0 Å². The second-order valence-electron chi connectivity index (χ2n) is 5.22. The van der Waals surface area contributed by atoms with Crippen molar-refractivity contribution < 1.29 is 18.0 Å². The molecule has 19 heavy (non-hydrogen) atoms. The maximum absolute atomic E-state index is 12.0. The van der Waals surface area contributed by atoms with E-state index in [0.717, 1.165) is 0 Å². The molecule has 0 bridgehead atoms. The molecule has 6 nitrogen and oxygen atoms in total. The summed E-state index contributed by atoms with van der Waals surface area (Å²) in [5.41, 5.74) is -0.0534. The molecule has 0 spiro atoms. The first-order chi connectivity index (χ1) is 8.71. The topological polar surface area (TPSA) is 96.1 Å². The van der Waals surface area contributed by atoms with Crippen LogP contribution in [0.4, 0.5) is 0 Å². The van der Waals surface area contributed by atoms with E-state index in [1.165, 1.54) is 19.2 Å². The van der Waals surface area contributed by atoms with Crippen LogP contribution in [-0.4, -0.2) is 42.1 Å². The molecule has 1 aliphatic heterocycles. The van der Waals surface area contributed by atoms with Gasteiger partial charge in [0.1, 0.15) is 5.69 Å². The lowest BCUT2D eigenvalue weighted by atomic mass is 10.0. The number of Topliss-reactive ketones (excluding diaryl/α,β-unsaturated/α-hetero) is 1. The van der Waals surface area contributed by atoms with Crippen molar-refractivity contribution >= 4 is 21.5 Å². The van der Waals surface area contributed by atoms with Crippen LogP contribution in [0.5, 0.6) is 0 Å². The number of H-pyrrole nitrogens is 1. The van der Waals surface area contributed by atoms with Gasteiger partial charge in [0.05, 0.1) is 17.0 Å². The summed E-state index contributed by atoms with van der Waals surface area (Å²) < 4.78 is 22.9. The second-order valence-corrected chi connectivity index (χ2v) is 7.40. The molecule has 2 heterocycles. The van der Waals surface area contributed by atoms with Gasteiger partial charge in [-0.05, 0) is 26.3 Å². The van der Waals surface area contributed by atoms with Crippen molar-refractivity contribution in [3.8, 4) is 0 Å². The van der Waals surface area contributed by atoms with E-state index in [2.05, 4.69) is 10.3 Å². The van der Waals surface area contributed by atoms with Gasteiger partial charge in [-0.1, -0.05) is 0 Å². The molecule has 0 aromatic carbocycles. The molecule has 1 saturated heterocycles. The van der Waals surface area contributed by atoms with Gasteiger partial charge < -0.3 is 10.3 Å². The highest BCUT2D eigenvalue weighted by Gasteiger charge is 2.39. The fourth-order valence-corrected chi connectivity index (χ4v) is 4.27. The summed E-state index contributed by atoms with van der Waals surface area (Å²) in [4.78, 5) is 25.9. The number of aromatic amines is 1.